The van der Waals surface area contributed by atoms with E-state index in [4.69, 9.17) is 17.5 Å². The van der Waals surface area contributed by atoms with Gasteiger partial charge in [-0.25, -0.2) is 0 Å². The summed E-state index contributed by atoms with van der Waals surface area (Å²) in [6.45, 7) is 3.97. The Labute approximate surface area is 199 Å². The minimum absolute atomic E-state index is 0. The molecule has 0 saturated carbocycles. The molecule has 0 amide bonds. The summed E-state index contributed by atoms with van der Waals surface area (Å²) in [5.74, 6) is -2.90. The van der Waals surface area contributed by atoms with Crippen molar-refractivity contribution in [3.05, 3.63) is 0 Å². The first kappa shape index (κ1) is 34.2. The molecule has 0 saturated heterocycles. The van der Waals surface area contributed by atoms with Gasteiger partial charge in [0, 0.05) is 48.5 Å². The van der Waals surface area contributed by atoms with Crippen LogP contribution in [-0.2, 0) is 48.9 Å². The maximum atomic E-state index is 10.8. The molecule has 0 bridgehead atoms. The Morgan fingerprint density at radius 1 is 0.667 bits per heavy atom. The summed E-state index contributed by atoms with van der Waals surface area (Å²) in [6.07, 6.45) is 0. The molecule has 0 N–H and O–H groups in total. The number of carbonyl (C=O) groups is 4. The van der Waals surface area contributed by atoms with E-state index in [1.54, 1.807) is 0 Å². The van der Waals surface area contributed by atoms with E-state index in [2.05, 4.69) is 19.4 Å². The van der Waals surface area contributed by atoms with Crippen LogP contribution in [0.2, 0.25) is 0 Å². The zero-order valence-corrected chi connectivity index (χ0v) is 20.4. The van der Waals surface area contributed by atoms with Gasteiger partial charge < -0.3 is 28.5 Å². The van der Waals surface area contributed by atoms with Gasteiger partial charge in [0.05, 0.1) is 13.1 Å². The molecule has 146 valence electrons. The van der Waals surface area contributed by atoms with Gasteiger partial charge in [0.15, 0.2) is 0 Å². The molecule has 27 heavy (non-hydrogen) atoms. The number of nitrogens with zero attached hydrogens (tertiary/aromatic N) is 2. The number of rotatable bonds is 7. The molecule has 0 aromatic rings. The summed E-state index contributed by atoms with van der Waals surface area (Å²) in [6, 6.07) is 0. The molecule has 0 aromatic carbocycles. The molecular formula is C10H16N2Na2O12S. The maximum absolute atomic E-state index is 10.8. The van der Waals surface area contributed by atoms with Crippen LogP contribution in [0.25, 0.3) is 0 Å². The van der Waals surface area contributed by atoms with E-state index in [-0.39, 0.29) is 72.2 Å². The van der Waals surface area contributed by atoms with Crippen LogP contribution in [-0.4, -0.2) is 64.9 Å². The fourth-order valence-electron chi connectivity index (χ4n) is 0.957. The number of hydrogen-bond donors (Lipinski definition) is 0. The van der Waals surface area contributed by atoms with E-state index in [0.29, 0.717) is 10.5 Å². The zero-order chi connectivity index (χ0) is 20.2. The van der Waals surface area contributed by atoms with Gasteiger partial charge in [0.1, 0.15) is 0 Å². The molecule has 0 radical (unpaired) electrons. The van der Waals surface area contributed by atoms with Crippen molar-refractivity contribution in [1.29, 1.82) is 0 Å². The van der Waals surface area contributed by atoms with E-state index < -0.39 is 34.3 Å². The largest absolute Gasteiger partial charge is 1.00 e. The summed E-state index contributed by atoms with van der Waals surface area (Å²) in [5, 5.41) is 1.15. The van der Waals surface area contributed by atoms with Crippen molar-refractivity contribution in [3.8, 4) is 0 Å². The number of carbonyl (C=O) groups excluding carboxylic acids is 4. The van der Waals surface area contributed by atoms with E-state index in [0.717, 1.165) is 27.7 Å². The monoisotopic (exact) mass is 434 g/mol. The second-order valence-corrected chi connectivity index (χ2v) is 4.67. The molecule has 17 heteroatoms. The van der Waals surface area contributed by atoms with Crippen molar-refractivity contribution >= 4 is 34.3 Å². The minimum atomic E-state index is -5.17. The van der Waals surface area contributed by atoms with Crippen LogP contribution in [0.5, 0.6) is 0 Å². The third-order valence-electron chi connectivity index (χ3n) is 1.39. The summed E-state index contributed by atoms with van der Waals surface area (Å²) in [4.78, 5) is 61.4. The second-order valence-electron chi connectivity index (χ2n) is 3.85. The molecule has 0 fully saturated rings. The average Bonchev–Trinajstić information content (AvgIpc) is 2.30. The van der Waals surface area contributed by atoms with Crippen molar-refractivity contribution in [3.63, 3.8) is 0 Å². The summed E-state index contributed by atoms with van der Waals surface area (Å²) in [7, 11) is -5.17. The fourth-order valence-corrected chi connectivity index (χ4v) is 0.957. The van der Waals surface area contributed by atoms with E-state index >= 15 is 0 Å². The van der Waals surface area contributed by atoms with Gasteiger partial charge in [0.2, 0.25) is 0 Å². The Bertz CT molecular complexity index is 509. The average molecular weight is 434 g/mol. The van der Waals surface area contributed by atoms with Crippen LogP contribution in [0.1, 0.15) is 27.7 Å². The van der Waals surface area contributed by atoms with Gasteiger partial charge >= 0.3 is 83.0 Å². The third kappa shape index (κ3) is 33.7. The third-order valence-corrected chi connectivity index (χ3v) is 1.39. The molecule has 0 heterocycles. The Morgan fingerprint density at radius 2 is 0.815 bits per heavy atom. The van der Waals surface area contributed by atoms with Crippen molar-refractivity contribution in [2.24, 2.45) is 0 Å². The summed E-state index contributed by atoms with van der Waals surface area (Å²) in [5.41, 5.74) is 0. The van der Waals surface area contributed by atoms with E-state index in [9.17, 15) is 19.2 Å². The molecule has 0 aliphatic rings. The first-order chi connectivity index (χ1) is 11.2. The molecule has 0 aliphatic carbocycles. The molecule has 0 unspecified atom stereocenters. The standard InChI is InChI=1S/C10H16N2O8.2Na.H2O4S/c1-7(13)17-11(18-8(2)14)5-6-12(19-9(3)15)20-10(4)16;;;1-5(2,3)4/h5-6H2,1-4H3;;;(H2,1,2,3,4)/q;2*+1;/p-2. The summed E-state index contributed by atoms with van der Waals surface area (Å²) >= 11 is 0. The first-order valence-corrected chi connectivity index (χ1v) is 7.50. The minimum Gasteiger partial charge on any atom is -0.759 e. The molecule has 0 rings (SSSR count). The number of hydrogen-bond acceptors (Lipinski definition) is 14. The van der Waals surface area contributed by atoms with Crippen LogP contribution < -0.4 is 59.1 Å². The maximum Gasteiger partial charge on any atom is 1.00 e. The molecular weight excluding hydrogens is 418 g/mol. The normalized spacial score (nSPS) is 9.63. The van der Waals surface area contributed by atoms with Gasteiger partial charge in [-0.15, -0.1) is 0 Å². The van der Waals surface area contributed by atoms with Crippen molar-refractivity contribution in [2.45, 2.75) is 27.7 Å². The molecule has 14 nitrogen and oxygen atoms in total. The first-order valence-electron chi connectivity index (χ1n) is 6.16. The van der Waals surface area contributed by atoms with E-state index in [1.165, 1.54) is 0 Å². The van der Waals surface area contributed by atoms with Gasteiger partial charge in [-0.2, -0.15) is 0 Å². The zero-order valence-electron chi connectivity index (χ0n) is 15.6. The van der Waals surface area contributed by atoms with E-state index in [1.807, 2.05) is 0 Å². The topological polar surface area (TPSA) is 192 Å². The predicted molar refractivity (Wildman–Crippen MR) is 71.0 cm³/mol. The quantitative estimate of drug-likeness (QED) is 0.159. The Kier molecular flexibility index (Phi) is 22.5. The van der Waals surface area contributed by atoms with Gasteiger partial charge in [-0.1, -0.05) is 0 Å². The molecule has 0 atom stereocenters. The van der Waals surface area contributed by atoms with Crippen LogP contribution in [0, 0.1) is 0 Å². The number of hydroxylamine groups is 4. The van der Waals surface area contributed by atoms with Gasteiger partial charge in [-0.05, 0) is 0 Å². The Balaban J connectivity index is -0.000000333. The van der Waals surface area contributed by atoms with Crippen molar-refractivity contribution < 1.29 is 115 Å². The van der Waals surface area contributed by atoms with Crippen LogP contribution in [0.4, 0.5) is 0 Å². The molecule has 0 aromatic heterocycles. The predicted octanol–water partition coefficient (Wildman–Crippen LogP) is -7.83. The van der Waals surface area contributed by atoms with Crippen LogP contribution in [0.3, 0.4) is 0 Å². The SMILES string of the molecule is CC(=O)ON(CCN(OC(C)=O)OC(C)=O)OC(C)=O.O=S(=O)([O-])[O-].[Na+].[Na+]. The molecule has 0 aliphatic heterocycles. The Hall–Kier alpha value is -0.330. The van der Waals surface area contributed by atoms with Crippen molar-refractivity contribution in [1.82, 2.24) is 10.5 Å². The fraction of sp³-hybridized carbons (Fsp3) is 0.600. The molecule has 0 spiro atoms. The van der Waals surface area contributed by atoms with Crippen LogP contribution in [0.15, 0.2) is 0 Å². The van der Waals surface area contributed by atoms with Crippen molar-refractivity contribution in [2.75, 3.05) is 13.1 Å². The Morgan fingerprint density at radius 3 is 0.926 bits per heavy atom. The smallest absolute Gasteiger partial charge is 0.759 e. The van der Waals surface area contributed by atoms with Gasteiger partial charge in [0.25, 0.3) is 0 Å². The summed E-state index contributed by atoms with van der Waals surface area (Å²) < 4.78 is 34.1. The van der Waals surface area contributed by atoms with Gasteiger partial charge in [-0.3, -0.25) is 27.6 Å². The second kappa shape index (κ2) is 17.7. The van der Waals surface area contributed by atoms with Crippen LogP contribution >= 0.6 is 0 Å².